The molecule has 0 saturated carbocycles. The fourth-order valence-corrected chi connectivity index (χ4v) is 2.84. The van der Waals surface area contributed by atoms with E-state index >= 15 is 0 Å². The molecule has 1 aromatic carbocycles. The molecule has 0 radical (unpaired) electrons. The van der Waals surface area contributed by atoms with Crippen molar-refractivity contribution in [2.75, 3.05) is 18.6 Å². The van der Waals surface area contributed by atoms with Gasteiger partial charge in [0, 0.05) is 16.3 Å². The normalized spacial score (nSPS) is 12.8. The lowest BCUT2D eigenvalue weighted by Gasteiger charge is -2.15. The van der Waals surface area contributed by atoms with Gasteiger partial charge in [-0.1, -0.05) is 22.9 Å². The second-order valence-electron chi connectivity index (χ2n) is 3.63. The van der Waals surface area contributed by atoms with E-state index in [1.165, 1.54) is 6.07 Å². The van der Waals surface area contributed by atoms with Gasteiger partial charge in [-0.25, -0.2) is 4.39 Å². The molecule has 0 fully saturated rings. The molecular weight excluding hydrogens is 289 g/mol. The Balaban J connectivity index is 2.62. The average Bonchev–Trinajstić information content (AvgIpc) is 2.22. The Hall–Kier alpha value is -0.0600. The van der Waals surface area contributed by atoms with Gasteiger partial charge in [0.15, 0.2) is 0 Å². The Morgan fingerprint density at radius 1 is 1.44 bits per heavy atom. The number of halogens is 2. The van der Waals surface area contributed by atoms with Gasteiger partial charge in [0.2, 0.25) is 0 Å². The van der Waals surface area contributed by atoms with Crippen molar-refractivity contribution < 1.29 is 4.39 Å². The van der Waals surface area contributed by atoms with Crippen molar-refractivity contribution >= 4 is 27.7 Å². The van der Waals surface area contributed by atoms with Gasteiger partial charge >= 0.3 is 0 Å². The fourth-order valence-electron chi connectivity index (χ4n) is 1.52. The van der Waals surface area contributed by atoms with Gasteiger partial charge in [-0.15, -0.1) is 0 Å². The number of rotatable bonds is 6. The highest BCUT2D eigenvalue weighted by molar-refractivity contribution is 9.10. The van der Waals surface area contributed by atoms with Crippen LogP contribution in [0.1, 0.15) is 12.5 Å². The first-order valence-electron chi connectivity index (χ1n) is 5.35. The summed E-state index contributed by atoms with van der Waals surface area (Å²) in [4.78, 5) is 0. The zero-order valence-corrected chi connectivity index (χ0v) is 12.0. The summed E-state index contributed by atoms with van der Waals surface area (Å²) in [5.41, 5.74) is 1.03. The van der Waals surface area contributed by atoms with Crippen LogP contribution < -0.4 is 5.32 Å². The quantitative estimate of drug-likeness (QED) is 0.863. The zero-order chi connectivity index (χ0) is 12.0. The highest BCUT2D eigenvalue weighted by Gasteiger charge is 2.08. The minimum atomic E-state index is -0.178. The Kier molecular flexibility index (Phi) is 6.39. The molecule has 0 aliphatic heterocycles. The predicted molar refractivity (Wildman–Crippen MR) is 73.7 cm³/mol. The van der Waals surface area contributed by atoms with Crippen molar-refractivity contribution in [1.82, 2.24) is 5.32 Å². The number of nitrogens with one attached hydrogen (secondary N) is 1. The molecule has 4 heteroatoms. The smallest absolute Gasteiger partial charge is 0.124 e. The highest BCUT2D eigenvalue weighted by Crippen LogP contribution is 2.17. The van der Waals surface area contributed by atoms with Crippen LogP contribution in [0.3, 0.4) is 0 Å². The van der Waals surface area contributed by atoms with Crippen molar-refractivity contribution in [2.24, 2.45) is 0 Å². The lowest BCUT2D eigenvalue weighted by atomic mass is 10.1. The van der Waals surface area contributed by atoms with Gasteiger partial charge in [-0.05, 0) is 43.0 Å². The maximum Gasteiger partial charge on any atom is 0.124 e. The summed E-state index contributed by atoms with van der Waals surface area (Å²) >= 11 is 5.21. The molecule has 1 aromatic rings. The Bertz CT molecular complexity index is 313. The van der Waals surface area contributed by atoms with E-state index in [-0.39, 0.29) is 5.82 Å². The Morgan fingerprint density at radius 3 is 2.75 bits per heavy atom. The van der Waals surface area contributed by atoms with Crippen LogP contribution in [0.5, 0.6) is 0 Å². The number of thioether (sulfide) groups is 1. The molecule has 16 heavy (non-hydrogen) atoms. The molecule has 0 aliphatic rings. The molecule has 1 nitrogen and oxygen atoms in total. The molecule has 0 amide bonds. The van der Waals surface area contributed by atoms with Gasteiger partial charge in [0.05, 0.1) is 0 Å². The summed E-state index contributed by atoms with van der Waals surface area (Å²) in [7, 11) is 1.95. The van der Waals surface area contributed by atoms with Gasteiger partial charge < -0.3 is 5.32 Å². The number of hydrogen-bond donors (Lipinski definition) is 1. The van der Waals surface area contributed by atoms with Gasteiger partial charge in [-0.3, -0.25) is 0 Å². The van der Waals surface area contributed by atoms with Crippen LogP contribution in [0.15, 0.2) is 22.7 Å². The van der Waals surface area contributed by atoms with E-state index in [9.17, 15) is 4.39 Å². The van der Waals surface area contributed by atoms with E-state index in [4.69, 9.17) is 0 Å². The molecule has 1 atom stereocenters. The molecule has 0 bridgehead atoms. The predicted octanol–water partition coefficient (Wildman–Crippen LogP) is 3.47. The first kappa shape index (κ1) is 14.0. The molecule has 0 saturated heterocycles. The molecule has 1 unspecified atom stereocenters. The molecule has 1 rings (SSSR count). The minimum absolute atomic E-state index is 0.178. The van der Waals surface area contributed by atoms with E-state index < -0.39 is 0 Å². The maximum absolute atomic E-state index is 13.2. The summed E-state index contributed by atoms with van der Waals surface area (Å²) in [6.45, 7) is 2.15. The average molecular weight is 306 g/mol. The number of likely N-dealkylation sites (N-methyl/N-ethyl adjacent to an activating group) is 1. The van der Waals surface area contributed by atoms with E-state index in [0.29, 0.717) is 6.04 Å². The fraction of sp³-hybridized carbons (Fsp3) is 0.500. The zero-order valence-electron chi connectivity index (χ0n) is 9.59. The third-order valence-electron chi connectivity index (χ3n) is 2.34. The first-order chi connectivity index (χ1) is 7.65. The van der Waals surface area contributed by atoms with Crippen LogP contribution in [-0.2, 0) is 6.42 Å². The van der Waals surface area contributed by atoms with Crippen molar-refractivity contribution in [2.45, 2.75) is 19.4 Å². The van der Waals surface area contributed by atoms with Gasteiger partial charge in [0.1, 0.15) is 5.82 Å². The van der Waals surface area contributed by atoms with Crippen LogP contribution in [0.25, 0.3) is 0 Å². The van der Waals surface area contributed by atoms with E-state index in [2.05, 4.69) is 28.2 Å². The van der Waals surface area contributed by atoms with E-state index in [0.717, 1.165) is 28.0 Å². The summed E-state index contributed by atoms with van der Waals surface area (Å²) in [6, 6.07) is 5.47. The van der Waals surface area contributed by atoms with Crippen LogP contribution >= 0.6 is 27.7 Å². The van der Waals surface area contributed by atoms with Crippen LogP contribution in [0, 0.1) is 5.82 Å². The summed E-state index contributed by atoms with van der Waals surface area (Å²) in [5.74, 6) is 1.99. The second-order valence-corrected chi connectivity index (χ2v) is 5.86. The topological polar surface area (TPSA) is 12.0 Å². The SMILES string of the molecule is CCSCC(Cc1cc(F)cc(Br)c1)NC. The van der Waals surface area contributed by atoms with Crippen molar-refractivity contribution in [3.05, 3.63) is 34.1 Å². The molecule has 90 valence electrons. The minimum Gasteiger partial charge on any atom is -0.316 e. The summed E-state index contributed by atoms with van der Waals surface area (Å²) < 4.78 is 14.0. The number of benzene rings is 1. The second kappa shape index (κ2) is 7.30. The Labute approximate surface area is 109 Å². The highest BCUT2D eigenvalue weighted by atomic mass is 79.9. The molecule has 0 heterocycles. The van der Waals surface area contributed by atoms with Crippen LogP contribution in [0.4, 0.5) is 4.39 Å². The third-order valence-corrected chi connectivity index (χ3v) is 3.84. The van der Waals surface area contributed by atoms with Crippen LogP contribution in [0.2, 0.25) is 0 Å². The van der Waals surface area contributed by atoms with Crippen molar-refractivity contribution in [3.8, 4) is 0 Å². The standard InChI is InChI=1S/C12H17BrFNS/c1-3-16-8-12(15-2)6-9-4-10(13)7-11(14)5-9/h4-5,7,12,15H,3,6,8H2,1-2H3. The molecule has 1 N–H and O–H groups in total. The Morgan fingerprint density at radius 2 is 2.19 bits per heavy atom. The van der Waals surface area contributed by atoms with Crippen LogP contribution in [-0.4, -0.2) is 24.6 Å². The van der Waals surface area contributed by atoms with Gasteiger partial charge in [0.25, 0.3) is 0 Å². The van der Waals surface area contributed by atoms with Gasteiger partial charge in [-0.2, -0.15) is 11.8 Å². The first-order valence-corrected chi connectivity index (χ1v) is 7.30. The molecular formula is C12H17BrFNS. The summed E-state index contributed by atoms with van der Waals surface area (Å²) in [6.07, 6.45) is 0.861. The molecule has 0 aliphatic carbocycles. The summed E-state index contributed by atoms with van der Waals surface area (Å²) in [5, 5.41) is 3.27. The third kappa shape index (κ3) is 4.85. The largest absolute Gasteiger partial charge is 0.316 e. The van der Waals surface area contributed by atoms with Crippen molar-refractivity contribution in [1.29, 1.82) is 0 Å². The van der Waals surface area contributed by atoms with E-state index in [1.54, 1.807) is 6.07 Å². The van der Waals surface area contributed by atoms with E-state index in [1.807, 2.05) is 24.9 Å². The maximum atomic E-state index is 13.2. The van der Waals surface area contributed by atoms with Crippen molar-refractivity contribution in [3.63, 3.8) is 0 Å². The lowest BCUT2D eigenvalue weighted by molar-refractivity contribution is 0.602. The number of hydrogen-bond acceptors (Lipinski definition) is 2. The molecule has 0 spiro atoms. The molecule has 0 aromatic heterocycles. The lowest BCUT2D eigenvalue weighted by Crippen LogP contribution is -2.30. The monoisotopic (exact) mass is 305 g/mol.